The summed E-state index contributed by atoms with van der Waals surface area (Å²) in [6.45, 7) is 0.642. The molecule has 0 radical (unpaired) electrons. The molecule has 3 rings (SSSR count). The number of hydrogen-bond donors (Lipinski definition) is 1. The lowest BCUT2D eigenvalue weighted by molar-refractivity contribution is 0.879. The van der Waals surface area contributed by atoms with Gasteiger partial charge in [-0.25, -0.2) is 14.6 Å². The van der Waals surface area contributed by atoms with Crippen LogP contribution in [0.1, 0.15) is 5.56 Å². The van der Waals surface area contributed by atoms with Gasteiger partial charge < -0.3 is 5.32 Å². The van der Waals surface area contributed by atoms with Crippen LogP contribution < -0.4 is 5.32 Å². The summed E-state index contributed by atoms with van der Waals surface area (Å²) in [5.74, 6) is 0. The minimum atomic E-state index is 0.485. The molecule has 0 aliphatic carbocycles. The minimum absolute atomic E-state index is 0.485. The van der Waals surface area contributed by atoms with Gasteiger partial charge in [-0.3, -0.25) is 0 Å². The van der Waals surface area contributed by atoms with Crippen LogP contribution in [0, 0.1) is 0 Å². The van der Waals surface area contributed by atoms with Crippen molar-refractivity contribution in [1.82, 2.24) is 19.7 Å². The lowest BCUT2D eigenvalue weighted by Gasteiger charge is -2.09. The lowest BCUT2D eigenvalue weighted by Crippen LogP contribution is -2.01. The molecule has 0 saturated heterocycles. The number of anilines is 1. The van der Waals surface area contributed by atoms with Crippen LogP contribution in [0.3, 0.4) is 0 Å². The molecule has 3 aromatic rings. The molecule has 0 spiro atoms. The topological polar surface area (TPSA) is 55.6 Å². The first kappa shape index (κ1) is 13.9. The highest BCUT2D eigenvalue weighted by molar-refractivity contribution is 6.32. The van der Waals surface area contributed by atoms with Gasteiger partial charge in [0.1, 0.15) is 17.8 Å². The Hall–Kier alpha value is -2.11. The summed E-state index contributed by atoms with van der Waals surface area (Å²) in [6, 6.07) is 9.36. The number of aromatic nitrogens is 4. The molecule has 2 aromatic heterocycles. The molecule has 2 heterocycles. The van der Waals surface area contributed by atoms with Gasteiger partial charge in [0.2, 0.25) is 0 Å². The fourth-order valence-electron chi connectivity index (χ4n) is 1.85. The molecule has 21 heavy (non-hydrogen) atoms. The van der Waals surface area contributed by atoms with E-state index in [1.807, 2.05) is 24.3 Å². The second-order valence-corrected chi connectivity index (χ2v) is 5.14. The van der Waals surface area contributed by atoms with E-state index in [-0.39, 0.29) is 0 Å². The number of rotatable bonds is 4. The Morgan fingerprint density at radius 3 is 2.71 bits per heavy atom. The molecule has 5 nitrogen and oxygen atoms in total. The van der Waals surface area contributed by atoms with Crippen molar-refractivity contribution in [3.63, 3.8) is 0 Å². The molecular weight excluding hydrogens is 309 g/mol. The number of benzene rings is 1. The van der Waals surface area contributed by atoms with Crippen molar-refractivity contribution in [3.05, 3.63) is 64.9 Å². The van der Waals surface area contributed by atoms with Crippen molar-refractivity contribution in [2.24, 2.45) is 0 Å². The highest BCUT2D eigenvalue weighted by Gasteiger charge is 2.05. The Kier molecular flexibility index (Phi) is 4.03. The van der Waals surface area contributed by atoms with Gasteiger partial charge in [0, 0.05) is 18.4 Å². The van der Waals surface area contributed by atoms with Crippen molar-refractivity contribution in [2.45, 2.75) is 6.54 Å². The molecule has 0 atom stereocenters. The maximum absolute atomic E-state index is 6.26. The van der Waals surface area contributed by atoms with Crippen LogP contribution in [0.25, 0.3) is 5.69 Å². The highest BCUT2D eigenvalue weighted by atomic mass is 35.5. The van der Waals surface area contributed by atoms with E-state index >= 15 is 0 Å². The summed E-state index contributed by atoms with van der Waals surface area (Å²) < 4.78 is 1.62. The second-order valence-electron chi connectivity index (χ2n) is 4.35. The van der Waals surface area contributed by atoms with Crippen LogP contribution >= 0.6 is 23.2 Å². The molecule has 1 N–H and O–H groups in total. The Morgan fingerprint density at radius 1 is 1.14 bits per heavy atom. The number of pyridine rings is 1. The van der Waals surface area contributed by atoms with Gasteiger partial charge in [0.15, 0.2) is 0 Å². The monoisotopic (exact) mass is 319 g/mol. The fraction of sp³-hybridized carbons (Fsp3) is 0.0714. The Bertz CT molecular complexity index is 726. The first-order valence-corrected chi connectivity index (χ1v) is 6.97. The standard InChI is InChI=1S/C14H11Cl2N5/c15-12-5-11(2-3-13(12)21-9-17-8-20-21)18-6-10-1-4-14(16)19-7-10/h1-5,7-9,18H,6H2. The SMILES string of the molecule is Clc1ccc(CNc2ccc(-n3cncn3)c(Cl)c2)cn1. The largest absolute Gasteiger partial charge is 0.381 e. The molecule has 0 amide bonds. The van der Waals surface area contributed by atoms with Gasteiger partial charge >= 0.3 is 0 Å². The van der Waals surface area contributed by atoms with Crippen LogP contribution in [0.4, 0.5) is 5.69 Å². The number of halogens is 2. The van der Waals surface area contributed by atoms with Crippen LogP contribution in [0.5, 0.6) is 0 Å². The fourth-order valence-corrected chi connectivity index (χ4v) is 2.23. The predicted octanol–water partition coefficient (Wildman–Crippen LogP) is 3.58. The average molecular weight is 320 g/mol. The first-order chi connectivity index (χ1) is 10.2. The van der Waals surface area contributed by atoms with Gasteiger partial charge in [-0.05, 0) is 29.8 Å². The summed E-state index contributed by atoms with van der Waals surface area (Å²) in [7, 11) is 0. The van der Waals surface area contributed by atoms with E-state index in [1.54, 1.807) is 23.3 Å². The van der Waals surface area contributed by atoms with Crippen LogP contribution in [-0.4, -0.2) is 19.7 Å². The molecule has 0 fully saturated rings. The molecule has 0 aliphatic rings. The summed E-state index contributed by atoms with van der Waals surface area (Å²) in [5, 5.41) is 8.42. The summed E-state index contributed by atoms with van der Waals surface area (Å²) in [4.78, 5) is 7.94. The summed E-state index contributed by atoms with van der Waals surface area (Å²) in [5.41, 5.74) is 2.74. The molecule has 7 heteroatoms. The quantitative estimate of drug-likeness (QED) is 0.747. The Labute approximate surface area is 131 Å². The third-order valence-corrected chi connectivity index (χ3v) is 3.42. The van der Waals surface area contributed by atoms with E-state index in [0.29, 0.717) is 16.7 Å². The normalized spacial score (nSPS) is 10.6. The van der Waals surface area contributed by atoms with Crippen LogP contribution in [0.2, 0.25) is 10.2 Å². The maximum atomic E-state index is 6.26. The molecule has 106 valence electrons. The molecule has 1 aromatic carbocycles. The molecular formula is C14H11Cl2N5. The van der Waals surface area contributed by atoms with E-state index in [1.165, 1.54) is 6.33 Å². The van der Waals surface area contributed by atoms with Gasteiger partial charge in [0.25, 0.3) is 0 Å². The number of nitrogens with zero attached hydrogens (tertiary/aromatic N) is 4. The van der Waals surface area contributed by atoms with Crippen molar-refractivity contribution in [2.75, 3.05) is 5.32 Å². The molecule has 0 unspecified atom stereocenters. The van der Waals surface area contributed by atoms with Gasteiger partial charge in [0.05, 0.1) is 10.7 Å². The number of nitrogens with one attached hydrogen (secondary N) is 1. The Balaban J connectivity index is 1.72. The molecule has 0 bridgehead atoms. The minimum Gasteiger partial charge on any atom is -0.381 e. The summed E-state index contributed by atoms with van der Waals surface area (Å²) in [6.07, 6.45) is 4.81. The van der Waals surface area contributed by atoms with E-state index < -0.39 is 0 Å². The average Bonchev–Trinajstić information content (AvgIpc) is 3.01. The zero-order valence-corrected chi connectivity index (χ0v) is 12.4. The van der Waals surface area contributed by atoms with Crippen LogP contribution in [0.15, 0.2) is 49.2 Å². The lowest BCUT2D eigenvalue weighted by atomic mass is 10.2. The third-order valence-electron chi connectivity index (χ3n) is 2.90. The molecule has 0 saturated carbocycles. The van der Waals surface area contributed by atoms with Crippen molar-refractivity contribution in [1.29, 1.82) is 0 Å². The Morgan fingerprint density at radius 2 is 2.05 bits per heavy atom. The van der Waals surface area contributed by atoms with Crippen molar-refractivity contribution in [3.8, 4) is 5.69 Å². The number of hydrogen-bond acceptors (Lipinski definition) is 4. The van der Waals surface area contributed by atoms with Gasteiger partial charge in [-0.2, -0.15) is 5.10 Å². The second kappa shape index (κ2) is 6.11. The van der Waals surface area contributed by atoms with Gasteiger partial charge in [-0.1, -0.05) is 29.3 Å². The van der Waals surface area contributed by atoms with E-state index in [9.17, 15) is 0 Å². The van der Waals surface area contributed by atoms with Crippen molar-refractivity contribution < 1.29 is 0 Å². The zero-order valence-electron chi connectivity index (χ0n) is 10.9. The summed E-state index contributed by atoms with van der Waals surface area (Å²) >= 11 is 12.0. The molecule has 0 aliphatic heterocycles. The van der Waals surface area contributed by atoms with E-state index in [2.05, 4.69) is 20.4 Å². The first-order valence-electron chi connectivity index (χ1n) is 6.21. The van der Waals surface area contributed by atoms with Crippen molar-refractivity contribution >= 4 is 28.9 Å². The zero-order chi connectivity index (χ0) is 14.7. The highest BCUT2D eigenvalue weighted by Crippen LogP contribution is 2.24. The van der Waals surface area contributed by atoms with Gasteiger partial charge in [-0.15, -0.1) is 0 Å². The third kappa shape index (κ3) is 3.32. The van der Waals surface area contributed by atoms with Crippen LogP contribution in [-0.2, 0) is 6.54 Å². The predicted molar refractivity (Wildman–Crippen MR) is 82.9 cm³/mol. The maximum Gasteiger partial charge on any atom is 0.138 e. The van der Waals surface area contributed by atoms with E-state index in [0.717, 1.165) is 16.9 Å². The van der Waals surface area contributed by atoms with E-state index in [4.69, 9.17) is 23.2 Å². The smallest absolute Gasteiger partial charge is 0.138 e.